The second kappa shape index (κ2) is 5.93. The molecule has 1 saturated carbocycles. The van der Waals surface area contributed by atoms with Gasteiger partial charge in [0, 0.05) is 37.7 Å². The highest BCUT2D eigenvalue weighted by Gasteiger charge is 2.61. The van der Waals surface area contributed by atoms with E-state index in [9.17, 15) is 17.2 Å². The van der Waals surface area contributed by atoms with Crippen molar-refractivity contribution in [2.75, 3.05) is 21.3 Å². The maximum Gasteiger partial charge on any atom is 0.249 e. The zero-order valence-electron chi connectivity index (χ0n) is 14.7. The van der Waals surface area contributed by atoms with Crippen molar-refractivity contribution in [1.82, 2.24) is 4.31 Å². The molecule has 1 aliphatic carbocycles. The summed E-state index contributed by atoms with van der Waals surface area (Å²) in [5, 5.41) is 0. The highest BCUT2D eigenvalue weighted by molar-refractivity contribution is 7.89. The molecule has 0 saturated heterocycles. The molecule has 136 valence electrons. The van der Waals surface area contributed by atoms with Crippen LogP contribution in [0.15, 0.2) is 17.0 Å². The fourth-order valence-electron chi connectivity index (χ4n) is 3.29. The minimum atomic E-state index is -4.21. The summed E-state index contributed by atoms with van der Waals surface area (Å²) in [6.45, 7) is 5.70. The van der Waals surface area contributed by atoms with Crippen molar-refractivity contribution in [2.45, 2.75) is 43.7 Å². The van der Waals surface area contributed by atoms with Crippen molar-refractivity contribution in [1.29, 1.82) is 0 Å². The number of ether oxygens (including phenoxy) is 2. The summed E-state index contributed by atoms with van der Waals surface area (Å²) in [4.78, 5) is -0.657. The maximum absolute atomic E-state index is 14.2. The first-order valence-electron chi connectivity index (χ1n) is 7.48. The van der Waals surface area contributed by atoms with E-state index in [4.69, 9.17) is 9.47 Å². The Morgan fingerprint density at radius 2 is 1.79 bits per heavy atom. The Bertz CT molecular complexity index is 751. The highest BCUT2D eigenvalue weighted by atomic mass is 32.2. The van der Waals surface area contributed by atoms with Crippen LogP contribution < -0.4 is 4.74 Å². The van der Waals surface area contributed by atoms with Gasteiger partial charge >= 0.3 is 0 Å². The molecule has 2 atom stereocenters. The van der Waals surface area contributed by atoms with E-state index >= 15 is 0 Å². The minimum absolute atomic E-state index is 0.356. The number of methoxy groups -OCH3 is 2. The van der Waals surface area contributed by atoms with Gasteiger partial charge in [0.1, 0.15) is 17.4 Å². The standard InChI is InChI=1S/C16H23F2NO4S/c1-15(2)13(9-16(15,3)23-6)19(4)24(20,21)14-11(18)7-10(17)8-12(14)22-5/h7-8,13H,9H2,1-6H3. The summed E-state index contributed by atoms with van der Waals surface area (Å²) >= 11 is 0. The summed E-state index contributed by atoms with van der Waals surface area (Å²) in [6.07, 6.45) is 0.470. The molecule has 0 radical (unpaired) electrons. The first-order chi connectivity index (χ1) is 10.9. The Hall–Kier alpha value is -1.25. The summed E-state index contributed by atoms with van der Waals surface area (Å²) in [7, 11) is -0.0718. The highest BCUT2D eigenvalue weighted by Crippen LogP contribution is 2.54. The van der Waals surface area contributed by atoms with Crippen LogP contribution in [0.5, 0.6) is 5.75 Å². The number of rotatable bonds is 5. The normalized spacial score (nSPS) is 26.3. The van der Waals surface area contributed by atoms with E-state index in [-0.39, 0.29) is 11.8 Å². The van der Waals surface area contributed by atoms with Crippen LogP contribution in [0, 0.1) is 17.0 Å². The molecule has 0 aliphatic heterocycles. The van der Waals surface area contributed by atoms with Crippen molar-refractivity contribution >= 4 is 10.0 Å². The van der Waals surface area contributed by atoms with Crippen LogP contribution in [-0.4, -0.2) is 45.6 Å². The molecular formula is C16H23F2NO4S. The van der Waals surface area contributed by atoms with Crippen LogP contribution in [0.4, 0.5) is 8.78 Å². The zero-order chi connectivity index (χ0) is 18.5. The second-order valence-corrected chi connectivity index (χ2v) is 8.75. The van der Waals surface area contributed by atoms with Gasteiger partial charge in [-0.25, -0.2) is 17.2 Å². The fourth-order valence-corrected chi connectivity index (χ4v) is 4.95. The second-order valence-electron chi connectivity index (χ2n) is 6.82. The van der Waals surface area contributed by atoms with Crippen molar-refractivity contribution < 1.29 is 26.7 Å². The number of sulfonamides is 1. The molecule has 1 fully saturated rings. The Kier molecular flexibility index (Phi) is 4.71. The fraction of sp³-hybridized carbons (Fsp3) is 0.625. The van der Waals surface area contributed by atoms with Gasteiger partial charge in [0.2, 0.25) is 10.0 Å². The maximum atomic E-state index is 14.2. The van der Waals surface area contributed by atoms with Crippen molar-refractivity contribution in [3.05, 3.63) is 23.8 Å². The first kappa shape index (κ1) is 19.1. The van der Waals surface area contributed by atoms with Crippen LogP contribution >= 0.6 is 0 Å². The van der Waals surface area contributed by atoms with Gasteiger partial charge in [-0.15, -0.1) is 0 Å². The molecule has 0 aromatic heterocycles. The number of hydrogen-bond acceptors (Lipinski definition) is 4. The van der Waals surface area contributed by atoms with Gasteiger partial charge in [-0.2, -0.15) is 4.31 Å². The van der Waals surface area contributed by atoms with E-state index in [1.807, 2.05) is 20.8 Å². The summed E-state index contributed by atoms with van der Waals surface area (Å²) < 4.78 is 64.9. The lowest BCUT2D eigenvalue weighted by Gasteiger charge is -2.61. The Labute approximate surface area is 141 Å². The molecule has 5 nitrogen and oxygen atoms in total. The SMILES string of the molecule is COc1cc(F)cc(F)c1S(=O)(=O)N(C)C1CC(C)(OC)C1(C)C. The average Bonchev–Trinajstić information content (AvgIpc) is 2.49. The van der Waals surface area contributed by atoms with Gasteiger partial charge in [0.05, 0.1) is 12.7 Å². The Balaban J connectivity index is 2.46. The quantitative estimate of drug-likeness (QED) is 0.807. The summed E-state index contributed by atoms with van der Waals surface area (Å²) in [5.74, 6) is -2.43. The lowest BCUT2D eigenvalue weighted by molar-refractivity contribution is -0.193. The predicted octanol–water partition coefficient (Wildman–Crippen LogP) is 2.80. The van der Waals surface area contributed by atoms with Crippen LogP contribution in [-0.2, 0) is 14.8 Å². The number of benzene rings is 1. The van der Waals surface area contributed by atoms with Crippen LogP contribution in [0.1, 0.15) is 27.2 Å². The Morgan fingerprint density at radius 1 is 1.21 bits per heavy atom. The molecule has 2 rings (SSSR count). The van der Waals surface area contributed by atoms with E-state index in [2.05, 4.69) is 0 Å². The predicted molar refractivity (Wildman–Crippen MR) is 85.5 cm³/mol. The molecular weight excluding hydrogens is 340 g/mol. The minimum Gasteiger partial charge on any atom is -0.495 e. The van der Waals surface area contributed by atoms with Gasteiger partial charge in [-0.05, 0) is 13.3 Å². The average molecular weight is 363 g/mol. The van der Waals surface area contributed by atoms with Crippen LogP contribution in [0.2, 0.25) is 0 Å². The van der Waals surface area contributed by atoms with Gasteiger partial charge in [0.15, 0.2) is 4.90 Å². The molecule has 0 N–H and O–H groups in total. The van der Waals surface area contributed by atoms with E-state index in [0.29, 0.717) is 12.5 Å². The monoisotopic (exact) mass is 363 g/mol. The van der Waals surface area contributed by atoms with Gasteiger partial charge < -0.3 is 9.47 Å². The smallest absolute Gasteiger partial charge is 0.249 e. The van der Waals surface area contributed by atoms with Gasteiger partial charge in [-0.3, -0.25) is 0 Å². The van der Waals surface area contributed by atoms with E-state index in [0.717, 1.165) is 10.4 Å². The molecule has 24 heavy (non-hydrogen) atoms. The van der Waals surface area contributed by atoms with E-state index in [1.165, 1.54) is 14.2 Å². The number of halogens is 2. The molecule has 1 aromatic carbocycles. The molecule has 0 amide bonds. The lowest BCUT2D eigenvalue weighted by atomic mass is 9.56. The molecule has 0 spiro atoms. The van der Waals surface area contributed by atoms with Crippen molar-refractivity contribution in [3.8, 4) is 5.75 Å². The molecule has 0 bridgehead atoms. The third-order valence-electron chi connectivity index (χ3n) is 5.50. The van der Waals surface area contributed by atoms with E-state index in [1.54, 1.807) is 7.11 Å². The molecule has 1 aromatic rings. The molecule has 1 aliphatic rings. The number of nitrogens with zero attached hydrogens (tertiary/aromatic N) is 1. The van der Waals surface area contributed by atoms with Crippen molar-refractivity contribution in [3.63, 3.8) is 0 Å². The number of hydrogen-bond donors (Lipinski definition) is 0. The molecule has 0 heterocycles. The lowest BCUT2D eigenvalue weighted by Crippen LogP contribution is -2.68. The van der Waals surface area contributed by atoms with Gasteiger partial charge in [0.25, 0.3) is 0 Å². The largest absolute Gasteiger partial charge is 0.495 e. The van der Waals surface area contributed by atoms with Crippen LogP contribution in [0.25, 0.3) is 0 Å². The topological polar surface area (TPSA) is 55.8 Å². The summed E-state index contributed by atoms with van der Waals surface area (Å²) in [5.41, 5.74) is -0.958. The third kappa shape index (κ3) is 2.60. The van der Waals surface area contributed by atoms with Crippen molar-refractivity contribution in [2.24, 2.45) is 5.41 Å². The van der Waals surface area contributed by atoms with Gasteiger partial charge in [-0.1, -0.05) is 13.8 Å². The summed E-state index contributed by atoms with van der Waals surface area (Å²) in [6, 6.07) is 1.00. The molecule has 8 heteroatoms. The molecule has 2 unspecified atom stereocenters. The Morgan fingerprint density at radius 3 is 2.25 bits per heavy atom. The first-order valence-corrected chi connectivity index (χ1v) is 8.92. The zero-order valence-corrected chi connectivity index (χ0v) is 15.5. The van der Waals surface area contributed by atoms with Crippen LogP contribution in [0.3, 0.4) is 0 Å². The van der Waals surface area contributed by atoms with E-state index < -0.39 is 37.6 Å². The third-order valence-corrected chi connectivity index (χ3v) is 7.42.